The lowest BCUT2D eigenvalue weighted by Gasteiger charge is -2.20. The molecule has 0 radical (unpaired) electrons. The summed E-state index contributed by atoms with van der Waals surface area (Å²) in [5.41, 5.74) is 1.69. The molecule has 0 aliphatic heterocycles. The van der Waals surface area contributed by atoms with Gasteiger partial charge in [-0.3, -0.25) is 4.79 Å². The van der Waals surface area contributed by atoms with Crippen LogP contribution in [0.5, 0.6) is 5.75 Å². The van der Waals surface area contributed by atoms with Gasteiger partial charge in [0.25, 0.3) is 0 Å². The van der Waals surface area contributed by atoms with Crippen LogP contribution >= 0.6 is 11.6 Å². The molecule has 2 N–H and O–H groups in total. The molecule has 1 saturated carbocycles. The summed E-state index contributed by atoms with van der Waals surface area (Å²) in [5, 5.41) is 6.83. The van der Waals surface area contributed by atoms with Gasteiger partial charge in [-0.2, -0.15) is 0 Å². The average molecular weight is 331 g/mol. The van der Waals surface area contributed by atoms with Gasteiger partial charge in [-0.05, 0) is 36.6 Å². The van der Waals surface area contributed by atoms with E-state index in [1.54, 1.807) is 19.2 Å². The van der Waals surface area contributed by atoms with E-state index in [2.05, 4.69) is 10.6 Å². The van der Waals surface area contributed by atoms with Crippen molar-refractivity contribution in [1.82, 2.24) is 5.32 Å². The normalized spacial score (nSPS) is 14.9. The fraction of sp³-hybridized carbons (Fsp3) is 0.278. The van der Waals surface area contributed by atoms with Gasteiger partial charge in [-0.25, -0.2) is 0 Å². The summed E-state index contributed by atoms with van der Waals surface area (Å²) >= 11 is 6.17. The molecule has 1 amide bonds. The lowest BCUT2D eigenvalue weighted by Crippen LogP contribution is -2.34. The molecule has 2 aromatic rings. The minimum Gasteiger partial charge on any atom is -0.495 e. The summed E-state index contributed by atoms with van der Waals surface area (Å²) < 4.78 is 5.16. The summed E-state index contributed by atoms with van der Waals surface area (Å²) in [6.07, 6.45) is 2.11. The summed E-state index contributed by atoms with van der Waals surface area (Å²) in [7, 11) is 1.57. The second-order valence-corrected chi connectivity index (χ2v) is 6.03. The van der Waals surface area contributed by atoms with Crippen molar-refractivity contribution in [2.45, 2.75) is 24.9 Å². The SMILES string of the molecule is COc1ccc(N[C@H](C(=O)NC2CC2)c2ccccc2)cc1Cl. The van der Waals surface area contributed by atoms with E-state index >= 15 is 0 Å². The van der Waals surface area contributed by atoms with Gasteiger partial charge >= 0.3 is 0 Å². The van der Waals surface area contributed by atoms with E-state index in [0.717, 1.165) is 24.1 Å². The first-order chi connectivity index (χ1) is 11.2. The molecule has 0 unspecified atom stereocenters. The van der Waals surface area contributed by atoms with E-state index in [1.807, 2.05) is 36.4 Å². The lowest BCUT2D eigenvalue weighted by atomic mass is 10.1. The monoisotopic (exact) mass is 330 g/mol. The average Bonchev–Trinajstić information content (AvgIpc) is 3.37. The molecule has 1 aliphatic rings. The van der Waals surface area contributed by atoms with E-state index in [9.17, 15) is 4.79 Å². The zero-order valence-electron chi connectivity index (χ0n) is 12.9. The van der Waals surface area contributed by atoms with Crippen LogP contribution in [0.15, 0.2) is 48.5 Å². The minimum atomic E-state index is -0.457. The number of methoxy groups -OCH3 is 1. The molecule has 0 heterocycles. The van der Waals surface area contributed by atoms with Gasteiger partial charge in [0.1, 0.15) is 11.8 Å². The lowest BCUT2D eigenvalue weighted by molar-refractivity contribution is -0.122. The highest BCUT2D eigenvalue weighted by Gasteiger charge is 2.28. The van der Waals surface area contributed by atoms with E-state index in [1.165, 1.54) is 0 Å². The molecular weight excluding hydrogens is 312 g/mol. The molecule has 120 valence electrons. The molecular formula is C18H19ClN2O2. The van der Waals surface area contributed by atoms with Crippen LogP contribution in [0.2, 0.25) is 5.02 Å². The van der Waals surface area contributed by atoms with Gasteiger partial charge in [0.05, 0.1) is 12.1 Å². The number of halogens is 1. The molecule has 1 atom stereocenters. The van der Waals surface area contributed by atoms with Crippen molar-refractivity contribution in [2.24, 2.45) is 0 Å². The highest BCUT2D eigenvalue weighted by Crippen LogP contribution is 2.30. The largest absolute Gasteiger partial charge is 0.495 e. The zero-order valence-corrected chi connectivity index (χ0v) is 13.6. The number of nitrogens with one attached hydrogen (secondary N) is 2. The smallest absolute Gasteiger partial charge is 0.247 e. The van der Waals surface area contributed by atoms with Crippen LogP contribution in [-0.2, 0) is 4.79 Å². The number of amides is 1. The van der Waals surface area contributed by atoms with Gasteiger partial charge < -0.3 is 15.4 Å². The highest BCUT2D eigenvalue weighted by molar-refractivity contribution is 6.32. The fourth-order valence-corrected chi connectivity index (χ4v) is 2.64. The van der Waals surface area contributed by atoms with Crippen molar-refractivity contribution < 1.29 is 9.53 Å². The fourth-order valence-electron chi connectivity index (χ4n) is 2.38. The van der Waals surface area contributed by atoms with Crippen LogP contribution in [0.4, 0.5) is 5.69 Å². The summed E-state index contributed by atoms with van der Waals surface area (Å²) in [6, 6.07) is 14.9. The van der Waals surface area contributed by atoms with Gasteiger partial charge in [-0.15, -0.1) is 0 Å². The first-order valence-electron chi connectivity index (χ1n) is 7.63. The Morgan fingerprint density at radius 1 is 1.22 bits per heavy atom. The molecule has 0 spiro atoms. The van der Waals surface area contributed by atoms with Crippen molar-refractivity contribution in [3.8, 4) is 5.75 Å². The Kier molecular flexibility index (Phi) is 4.72. The third kappa shape index (κ3) is 3.96. The molecule has 5 heteroatoms. The minimum absolute atomic E-state index is 0.0226. The quantitative estimate of drug-likeness (QED) is 0.847. The van der Waals surface area contributed by atoms with Gasteiger partial charge in [-0.1, -0.05) is 41.9 Å². The Labute approximate surface area is 140 Å². The predicted molar refractivity (Wildman–Crippen MR) is 92.0 cm³/mol. The van der Waals surface area contributed by atoms with Crippen molar-refractivity contribution in [1.29, 1.82) is 0 Å². The Morgan fingerprint density at radius 3 is 2.57 bits per heavy atom. The molecule has 4 nitrogen and oxygen atoms in total. The second kappa shape index (κ2) is 6.92. The number of anilines is 1. The van der Waals surface area contributed by atoms with Gasteiger partial charge in [0.2, 0.25) is 5.91 Å². The molecule has 3 rings (SSSR count). The van der Waals surface area contributed by atoms with Crippen molar-refractivity contribution in [3.05, 3.63) is 59.1 Å². The van der Waals surface area contributed by atoms with E-state index in [4.69, 9.17) is 16.3 Å². The number of benzene rings is 2. The predicted octanol–water partition coefficient (Wildman–Crippen LogP) is 3.78. The number of ether oxygens (including phenoxy) is 1. The summed E-state index contributed by atoms with van der Waals surface area (Å²) in [5.74, 6) is 0.585. The van der Waals surface area contributed by atoms with Gasteiger partial charge in [0.15, 0.2) is 0 Å². The maximum Gasteiger partial charge on any atom is 0.247 e. The van der Waals surface area contributed by atoms with Crippen LogP contribution in [0.1, 0.15) is 24.4 Å². The maximum absolute atomic E-state index is 12.6. The van der Waals surface area contributed by atoms with Crippen LogP contribution < -0.4 is 15.4 Å². The molecule has 0 bridgehead atoms. The number of carbonyl (C=O) groups is 1. The molecule has 1 aliphatic carbocycles. The molecule has 1 fully saturated rings. The third-order valence-corrected chi connectivity index (χ3v) is 4.08. The van der Waals surface area contributed by atoms with Crippen LogP contribution in [0.25, 0.3) is 0 Å². The van der Waals surface area contributed by atoms with E-state index in [0.29, 0.717) is 16.8 Å². The number of carbonyl (C=O) groups excluding carboxylic acids is 1. The second-order valence-electron chi connectivity index (χ2n) is 5.62. The first kappa shape index (κ1) is 15.7. The Hall–Kier alpha value is -2.20. The number of hydrogen-bond acceptors (Lipinski definition) is 3. The van der Waals surface area contributed by atoms with Gasteiger partial charge in [0, 0.05) is 11.7 Å². The van der Waals surface area contributed by atoms with Crippen LogP contribution in [-0.4, -0.2) is 19.1 Å². The first-order valence-corrected chi connectivity index (χ1v) is 8.00. The number of hydrogen-bond donors (Lipinski definition) is 2. The van der Waals surface area contributed by atoms with Crippen LogP contribution in [0.3, 0.4) is 0 Å². The van der Waals surface area contributed by atoms with E-state index < -0.39 is 6.04 Å². The number of rotatable bonds is 6. The van der Waals surface area contributed by atoms with Crippen LogP contribution in [0, 0.1) is 0 Å². The molecule has 2 aromatic carbocycles. The third-order valence-electron chi connectivity index (χ3n) is 3.78. The Morgan fingerprint density at radius 2 is 1.96 bits per heavy atom. The van der Waals surface area contributed by atoms with Crippen molar-refractivity contribution >= 4 is 23.2 Å². The molecule has 0 saturated heterocycles. The van der Waals surface area contributed by atoms with Crippen molar-refractivity contribution in [3.63, 3.8) is 0 Å². The Balaban J connectivity index is 1.83. The summed E-state index contributed by atoms with van der Waals surface area (Å²) in [6.45, 7) is 0. The Bertz CT molecular complexity index is 687. The molecule has 0 aromatic heterocycles. The van der Waals surface area contributed by atoms with E-state index in [-0.39, 0.29) is 5.91 Å². The maximum atomic E-state index is 12.6. The summed E-state index contributed by atoms with van der Waals surface area (Å²) in [4.78, 5) is 12.6. The molecule has 23 heavy (non-hydrogen) atoms. The topological polar surface area (TPSA) is 50.4 Å². The zero-order chi connectivity index (χ0) is 16.2. The standard InChI is InChI=1S/C18H19ClN2O2/c1-23-16-10-9-14(11-15(16)19)20-17(12-5-3-2-4-6-12)18(22)21-13-7-8-13/h2-6,9-11,13,17,20H,7-8H2,1H3,(H,21,22)/t17-/m0/s1. The van der Waals surface area contributed by atoms with Crippen molar-refractivity contribution in [2.75, 3.05) is 12.4 Å². The highest BCUT2D eigenvalue weighted by atomic mass is 35.5.